The molecule has 4 nitrogen and oxygen atoms in total. The number of nitrogens with one attached hydrogen (secondary N) is 1. The summed E-state index contributed by atoms with van der Waals surface area (Å²) in [6.07, 6.45) is 1.35. The lowest BCUT2D eigenvalue weighted by molar-refractivity contribution is 0.0696. The van der Waals surface area contributed by atoms with Crippen molar-refractivity contribution in [1.29, 1.82) is 0 Å². The van der Waals surface area contributed by atoms with E-state index in [1.54, 1.807) is 6.07 Å². The fourth-order valence-corrected chi connectivity index (χ4v) is 1.73. The number of pyridine rings is 1. The van der Waals surface area contributed by atoms with Gasteiger partial charge in [0.1, 0.15) is 0 Å². The molecule has 0 spiro atoms. The van der Waals surface area contributed by atoms with Crippen molar-refractivity contribution in [2.75, 3.05) is 5.32 Å². The van der Waals surface area contributed by atoms with Crippen molar-refractivity contribution in [3.05, 3.63) is 58.4 Å². The average Bonchev–Trinajstić information content (AvgIpc) is 2.40. The van der Waals surface area contributed by atoms with Gasteiger partial charge in [-0.25, -0.2) is 4.79 Å². The smallest absolute Gasteiger partial charge is 0.337 e. The number of nitrogens with zero attached hydrogens (tertiary/aromatic N) is 1. The summed E-state index contributed by atoms with van der Waals surface area (Å²) in [5, 5.41) is 12.7. The number of carboxylic acid groups (broad SMARTS) is 1. The highest BCUT2D eigenvalue weighted by molar-refractivity contribution is 6.31. The van der Waals surface area contributed by atoms with E-state index in [0.717, 1.165) is 16.9 Å². The molecule has 1 heterocycles. The second-order valence-corrected chi connectivity index (χ2v) is 4.57. The number of aryl methyl sites for hydroxylation is 1. The molecule has 0 saturated carbocycles. The van der Waals surface area contributed by atoms with E-state index in [0.29, 0.717) is 11.6 Å². The molecule has 0 aliphatic carbocycles. The third kappa shape index (κ3) is 3.45. The van der Waals surface area contributed by atoms with Gasteiger partial charge in [0.15, 0.2) is 0 Å². The predicted octanol–water partition coefficient (Wildman–Crippen LogP) is 3.35. The van der Waals surface area contributed by atoms with Crippen LogP contribution in [-0.2, 0) is 6.54 Å². The molecule has 2 aromatic rings. The van der Waals surface area contributed by atoms with Crippen molar-refractivity contribution < 1.29 is 9.90 Å². The summed E-state index contributed by atoms with van der Waals surface area (Å²) in [7, 11) is 0. The molecule has 0 atom stereocenters. The second kappa shape index (κ2) is 5.71. The number of halogens is 1. The molecule has 0 saturated heterocycles. The standard InChI is InChI=1S/C14H13ClN2O2/c1-9-2-4-11(6-13(9)15)17-8-12-5-3-10(7-16-12)14(18)19/h2-7,17H,8H2,1H3,(H,18,19). The van der Waals surface area contributed by atoms with Crippen LogP contribution in [0.2, 0.25) is 5.02 Å². The molecule has 0 radical (unpaired) electrons. The van der Waals surface area contributed by atoms with E-state index in [4.69, 9.17) is 16.7 Å². The zero-order valence-electron chi connectivity index (χ0n) is 10.4. The Morgan fingerprint density at radius 1 is 1.37 bits per heavy atom. The molecule has 19 heavy (non-hydrogen) atoms. The summed E-state index contributed by atoms with van der Waals surface area (Å²) in [5.41, 5.74) is 2.87. The van der Waals surface area contributed by atoms with Crippen molar-refractivity contribution in [2.24, 2.45) is 0 Å². The number of aromatic carboxylic acids is 1. The lowest BCUT2D eigenvalue weighted by atomic mass is 10.2. The number of hydrogen-bond acceptors (Lipinski definition) is 3. The highest BCUT2D eigenvalue weighted by atomic mass is 35.5. The van der Waals surface area contributed by atoms with Crippen LogP contribution in [0.4, 0.5) is 5.69 Å². The Bertz CT molecular complexity index is 597. The van der Waals surface area contributed by atoms with E-state index < -0.39 is 5.97 Å². The third-order valence-electron chi connectivity index (χ3n) is 2.72. The first-order valence-corrected chi connectivity index (χ1v) is 6.12. The molecule has 1 aromatic carbocycles. The van der Waals surface area contributed by atoms with Crippen LogP contribution in [0.1, 0.15) is 21.6 Å². The number of carbonyl (C=O) groups is 1. The van der Waals surface area contributed by atoms with Crippen molar-refractivity contribution in [1.82, 2.24) is 4.98 Å². The van der Waals surface area contributed by atoms with Gasteiger partial charge in [0.2, 0.25) is 0 Å². The zero-order chi connectivity index (χ0) is 13.8. The summed E-state index contributed by atoms with van der Waals surface area (Å²) in [4.78, 5) is 14.8. The SMILES string of the molecule is Cc1ccc(NCc2ccc(C(=O)O)cn2)cc1Cl. The maximum Gasteiger partial charge on any atom is 0.337 e. The molecule has 0 amide bonds. The molecular formula is C14H13ClN2O2. The van der Waals surface area contributed by atoms with Gasteiger partial charge in [-0.2, -0.15) is 0 Å². The summed E-state index contributed by atoms with van der Waals surface area (Å²) < 4.78 is 0. The Morgan fingerprint density at radius 2 is 2.16 bits per heavy atom. The molecule has 0 bridgehead atoms. The predicted molar refractivity (Wildman–Crippen MR) is 74.7 cm³/mol. The van der Waals surface area contributed by atoms with Gasteiger partial charge in [0.05, 0.1) is 17.8 Å². The number of carboxylic acids is 1. The van der Waals surface area contributed by atoms with Crippen LogP contribution in [0.25, 0.3) is 0 Å². The zero-order valence-corrected chi connectivity index (χ0v) is 11.1. The largest absolute Gasteiger partial charge is 0.478 e. The molecule has 98 valence electrons. The Kier molecular flexibility index (Phi) is 4.02. The molecule has 0 unspecified atom stereocenters. The minimum Gasteiger partial charge on any atom is -0.478 e. The first-order valence-electron chi connectivity index (χ1n) is 5.74. The molecule has 2 rings (SSSR count). The molecule has 1 aromatic heterocycles. The maximum atomic E-state index is 10.7. The third-order valence-corrected chi connectivity index (χ3v) is 3.12. The van der Waals surface area contributed by atoms with Gasteiger partial charge >= 0.3 is 5.97 Å². The molecule has 5 heteroatoms. The van der Waals surface area contributed by atoms with E-state index in [1.165, 1.54) is 12.3 Å². The van der Waals surface area contributed by atoms with Crippen LogP contribution < -0.4 is 5.32 Å². The van der Waals surface area contributed by atoms with Gasteiger partial charge in [-0.05, 0) is 36.8 Å². The van der Waals surface area contributed by atoms with Gasteiger partial charge in [-0.15, -0.1) is 0 Å². The van der Waals surface area contributed by atoms with Gasteiger partial charge in [-0.1, -0.05) is 17.7 Å². The maximum absolute atomic E-state index is 10.7. The average molecular weight is 277 g/mol. The highest BCUT2D eigenvalue weighted by Crippen LogP contribution is 2.20. The summed E-state index contributed by atoms with van der Waals surface area (Å²) in [6, 6.07) is 8.95. The lowest BCUT2D eigenvalue weighted by Crippen LogP contribution is -2.03. The summed E-state index contributed by atoms with van der Waals surface area (Å²) in [6.45, 7) is 2.46. The lowest BCUT2D eigenvalue weighted by Gasteiger charge is -2.07. The Labute approximate surface area is 116 Å². The number of benzene rings is 1. The van der Waals surface area contributed by atoms with Crippen LogP contribution in [0.15, 0.2) is 36.5 Å². The topological polar surface area (TPSA) is 62.2 Å². The van der Waals surface area contributed by atoms with E-state index >= 15 is 0 Å². The van der Waals surface area contributed by atoms with Crippen molar-refractivity contribution in [3.8, 4) is 0 Å². The van der Waals surface area contributed by atoms with Gasteiger partial charge in [0, 0.05) is 16.9 Å². The first kappa shape index (κ1) is 13.4. The molecule has 2 N–H and O–H groups in total. The minimum atomic E-state index is -0.975. The van der Waals surface area contributed by atoms with Crippen molar-refractivity contribution in [3.63, 3.8) is 0 Å². The van der Waals surface area contributed by atoms with Crippen LogP contribution in [0, 0.1) is 6.92 Å². The van der Waals surface area contributed by atoms with Crippen LogP contribution in [0.5, 0.6) is 0 Å². The number of hydrogen-bond donors (Lipinski definition) is 2. The fourth-order valence-electron chi connectivity index (χ4n) is 1.55. The minimum absolute atomic E-state index is 0.183. The van der Waals surface area contributed by atoms with Gasteiger partial charge in [-0.3, -0.25) is 4.98 Å². The quantitative estimate of drug-likeness (QED) is 0.899. The normalized spacial score (nSPS) is 10.2. The number of aromatic nitrogens is 1. The second-order valence-electron chi connectivity index (χ2n) is 4.16. The van der Waals surface area contributed by atoms with Crippen molar-refractivity contribution >= 4 is 23.3 Å². The highest BCUT2D eigenvalue weighted by Gasteiger charge is 2.03. The number of rotatable bonds is 4. The first-order chi connectivity index (χ1) is 9.06. The van der Waals surface area contributed by atoms with Gasteiger partial charge in [0.25, 0.3) is 0 Å². The fraction of sp³-hybridized carbons (Fsp3) is 0.143. The summed E-state index contributed by atoms with van der Waals surface area (Å²) >= 11 is 6.03. The number of anilines is 1. The van der Waals surface area contributed by atoms with E-state index in [1.807, 2.05) is 25.1 Å². The molecule has 0 aliphatic rings. The Balaban J connectivity index is 2.01. The Morgan fingerprint density at radius 3 is 2.74 bits per heavy atom. The molecule has 0 fully saturated rings. The molecular weight excluding hydrogens is 264 g/mol. The summed E-state index contributed by atoms with van der Waals surface area (Å²) in [5.74, 6) is -0.975. The van der Waals surface area contributed by atoms with Crippen LogP contribution in [0.3, 0.4) is 0 Å². The van der Waals surface area contributed by atoms with Crippen molar-refractivity contribution in [2.45, 2.75) is 13.5 Å². The molecule has 0 aliphatic heterocycles. The van der Waals surface area contributed by atoms with Crippen LogP contribution >= 0.6 is 11.6 Å². The van der Waals surface area contributed by atoms with Gasteiger partial charge < -0.3 is 10.4 Å². The Hall–Kier alpha value is -2.07. The monoisotopic (exact) mass is 276 g/mol. The van der Waals surface area contributed by atoms with Crippen LogP contribution in [-0.4, -0.2) is 16.1 Å². The van der Waals surface area contributed by atoms with E-state index in [-0.39, 0.29) is 5.56 Å². The van der Waals surface area contributed by atoms with E-state index in [2.05, 4.69) is 10.3 Å². The van der Waals surface area contributed by atoms with E-state index in [9.17, 15) is 4.79 Å².